The summed E-state index contributed by atoms with van der Waals surface area (Å²) >= 11 is 0. The van der Waals surface area contributed by atoms with Gasteiger partial charge < -0.3 is 10.1 Å². The third-order valence-electron chi connectivity index (χ3n) is 13.6. The SMILES string of the molecule is CC1=C2CC3[C@@H](CC[C@@H]4CC(=O)CC[C@]34C)[C@@H]2CC[C@@]2(C1)O[C@@H]1C[C@H](C)CN(CCNC(=O)Cc3ccccc3)C1[C@H]2C. The summed E-state index contributed by atoms with van der Waals surface area (Å²) < 4.78 is 7.28. The lowest BCUT2D eigenvalue weighted by Gasteiger charge is -2.52. The second-order valence-corrected chi connectivity index (χ2v) is 16.0. The number of piperidine rings is 1. The molecule has 1 N–H and O–H groups in total. The number of ether oxygens (including phenoxy) is 1. The molecule has 2 aliphatic heterocycles. The number of likely N-dealkylation sites (tertiary alicyclic amines) is 1. The summed E-state index contributed by atoms with van der Waals surface area (Å²) in [6.07, 6.45) is 12.0. The fourth-order valence-corrected chi connectivity index (χ4v) is 11.4. The van der Waals surface area contributed by atoms with E-state index in [2.05, 4.69) is 37.9 Å². The first-order valence-electron chi connectivity index (χ1n) is 17.6. The van der Waals surface area contributed by atoms with Gasteiger partial charge in [-0.05, 0) is 98.9 Å². The molecule has 1 aromatic rings. The number of carbonyl (C=O) groups is 2. The van der Waals surface area contributed by atoms with Gasteiger partial charge in [-0.15, -0.1) is 0 Å². The Hall–Kier alpha value is -1.98. The molecule has 2 saturated heterocycles. The summed E-state index contributed by atoms with van der Waals surface area (Å²) in [6.45, 7) is 12.5. The lowest BCUT2D eigenvalue weighted by Crippen LogP contribution is -2.53. The topological polar surface area (TPSA) is 58.6 Å². The highest BCUT2D eigenvalue weighted by molar-refractivity contribution is 5.79. The van der Waals surface area contributed by atoms with E-state index in [-0.39, 0.29) is 17.6 Å². The Kier molecular flexibility index (Phi) is 7.90. The van der Waals surface area contributed by atoms with E-state index in [1.54, 1.807) is 11.1 Å². The van der Waals surface area contributed by atoms with Crippen LogP contribution in [0, 0.1) is 40.9 Å². The van der Waals surface area contributed by atoms with Gasteiger partial charge in [-0.1, -0.05) is 62.2 Å². The standard InChI is InChI=1S/C38H54N2O3/c1-24-18-34-36(40(23-24)17-16-39-35(42)19-27-8-6-5-7-9-27)26(3)38(43-34)15-13-30-31-11-10-28-20-29(41)12-14-37(28,4)33(31)21-32(30)25(2)22-38/h5-9,24,26,28,30-31,33-34,36H,10-23H2,1-4H3,(H,39,42)/t24-,26+,28+,30-,31-,33?,34+,36?,37-,38-/m0/s1. The summed E-state index contributed by atoms with van der Waals surface area (Å²) in [6, 6.07) is 10.5. The van der Waals surface area contributed by atoms with Gasteiger partial charge in [-0.3, -0.25) is 14.5 Å². The number of nitrogens with one attached hydrogen (secondary N) is 1. The van der Waals surface area contributed by atoms with Gasteiger partial charge in [-0.25, -0.2) is 0 Å². The summed E-state index contributed by atoms with van der Waals surface area (Å²) in [5, 5.41) is 3.21. The molecule has 2 unspecified atom stereocenters. The van der Waals surface area contributed by atoms with Crippen molar-refractivity contribution in [3.8, 4) is 0 Å². The first-order valence-corrected chi connectivity index (χ1v) is 17.6. The molecule has 0 radical (unpaired) electrons. The lowest BCUT2D eigenvalue weighted by atomic mass is 9.52. The van der Waals surface area contributed by atoms with Crippen LogP contribution in [-0.4, -0.2) is 54.0 Å². The van der Waals surface area contributed by atoms with Crippen LogP contribution in [0.1, 0.15) is 97.5 Å². The zero-order valence-corrected chi connectivity index (χ0v) is 27.1. The van der Waals surface area contributed by atoms with Gasteiger partial charge >= 0.3 is 0 Å². The van der Waals surface area contributed by atoms with Crippen LogP contribution in [0.25, 0.3) is 0 Å². The fraction of sp³-hybridized carbons (Fsp3) is 0.737. The van der Waals surface area contributed by atoms with Gasteiger partial charge in [0.15, 0.2) is 0 Å². The molecule has 7 rings (SSSR count). The van der Waals surface area contributed by atoms with E-state index in [9.17, 15) is 9.59 Å². The van der Waals surface area contributed by atoms with Gasteiger partial charge in [0.1, 0.15) is 5.78 Å². The van der Waals surface area contributed by atoms with Crippen LogP contribution in [-0.2, 0) is 20.7 Å². The van der Waals surface area contributed by atoms with Crippen LogP contribution in [0.2, 0.25) is 0 Å². The molecule has 1 aromatic carbocycles. The van der Waals surface area contributed by atoms with E-state index in [0.29, 0.717) is 53.9 Å². The van der Waals surface area contributed by atoms with Crippen LogP contribution < -0.4 is 5.32 Å². The summed E-state index contributed by atoms with van der Waals surface area (Å²) in [5.74, 6) is 4.59. The molecule has 3 saturated carbocycles. The molecule has 43 heavy (non-hydrogen) atoms. The van der Waals surface area contributed by atoms with E-state index in [1.807, 2.05) is 30.3 Å². The van der Waals surface area contributed by atoms with Crippen LogP contribution in [0.4, 0.5) is 0 Å². The number of hydrogen-bond donors (Lipinski definition) is 1. The van der Waals surface area contributed by atoms with Crippen molar-refractivity contribution in [2.24, 2.45) is 40.9 Å². The Labute approximate surface area is 259 Å². The van der Waals surface area contributed by atoms with Gasteiger partial charge in [0.2, 0.25) is 5.91 Å². The second-order valence-electron chi connectivity index (χ2n) is 16.0. The van der Waals surface area contributed by atoms with Gasteiger partial charge in [0.25, 0.3) is 0 Å². The number of Topliss-reactive ketones (excluding diaryl/α,β-unsaturated/α-hetero) is 1. The highest BCUT2D eigenvalue weighted by atomic mass is 16.5. The first-order chi connectivity index (χ1) is 20.7. The zero-order chi connectivity index (χ0) is 29.9. The molecule has 6 aliphatic rings. The van der Waals surface area contributed by atoms with Crippen LogP contribution in [0.15, 0.2) is 41.5 Å². The number of rotatable bonds is 5. The van der Waals surface area contributed by atoms with Crippen LogP contribution in [0.5, 0.6) is 0 Å². The number of amides is 1. The molecule has 5 nitrogen and oxygen atoms in total. The molecule has 10 atom stereocenters. The van der Waals surface area contributed by atoms with E-state index in [0.717, 1.165) is 62.6 Å². The second kappa shape index (κ2) is 11.4. The normalized spacial score (nSPS) is 42.7. The molecule has 0 bridgehead atoms. The minimum atomic E-state index is -0.0660. The molecule has 1 amide bonds. The van der Waals surface area contributed by atoms with Crippen LogP contribution in [0.3, 0.4) is 0 Å². The maximum Gasteiger partial charge on any atom is 0.224 e. The lowest BCUT2D eigenvalue weighted by molar-refractivity contribution is -0.130. The molecule has 2 heterocycles. The summed E-state index contributed by atoms with van der Waals surface area (Å²) in [7, 11) is 0. The highest BCUT2D eigenvalue weighted by Gasteiger charge is 2.60. The molecule has 4 aliphatic carbocycles. The highest BCUT2D eigenvalue weighted by Crippen LogP contribution is 2.65. The van der Waals surface area contributed by atoms with Gasteiger partial charge in [0, 0.05) is 44.4 Å². The Morgan fingerprint density at radius 3 is 2.72 bits per heavy atom. The third kappa shape index (κ3) is 5.25. The number of hydrogen-bond acceptors (Lipinski definition) is 4. The molecular formula is C38H54N2O3. The maximum atomic E-state index is 12.7. The monoisotopic (exact) mass is 586 g/mol. The quantitative estimate of drug-likeness (QED) is 0.388. The Balaban J connectivity index is 1.04. The largest absolute Gasteiger partial charge is 0.369 e. The summed E-state index contributed by atoms with van der Waals surface area (Å²) in [5.41, 5.74) is 4.76. The van der Waals surface area contributed by atoms with Gasteiger partial charge in [0.05, 0.1) is 18.1 Å². The minimum Gasteiger partial charge on any atom is -0.369 e. The van der Waals surface area contributed by atoms with Crippen molar-refractivity contribution < 1.29 is 14.3 Å². The number of nitrogens with zero attached hydrogens (tertiary/aromatic N) is 1. The third-order valence-corrected chi connectivity index (χ3v) is 13.6. The van der Waals surface area contributed by atoms with Crippen molar-refractivity contribution in [2.45, 2.75) is 116 Å². The Bertz CT molecular complexity index is 1260. The molecular weight excluding hydrogens is 532 g/mol. The fourth-order valence-electron chi connectivity index (χ4n) is 11.4. The molecule has 5 heteroatoms. The zero-order valence-electron chi connectivity index (χ0n) is 27.1. The van der Waals surface area contributed by atoms with Crippen molar-refractivity contribution in [1.82, 2.24) is 10.2 Å². The maximum absolute atomic E-state index is 12.7. The number of fused-ring (bicyclic) bond motifs is 6. The number of carbonyl (C=O) groups excluding carboxylic acids is 2. The smallest absolute Gasteiger partial charge is 0.224 e. The molecule has 1 spiro atoms. The number of ketones is 1. The predicted molar refractivity (Wildman–Crippen MR) is 170 cm³/mol. The van der Waals surface area contributed by atoms with Crippen molar-refractivity contribution in [2.75, 3.05) is 19.6 Å². The number of benzene rings is 1. The average Bonchev–Trinajstić information content (AvgIpc) is 3.44. The van der Waals surface area contributed by atoms with Gasteiger partial charge in [-0.2, -0.15) is 0 Å². The molecule has 0 aromatic heterocycles. The Morgan fingerprint density at radius 1 is 1.09 bits per heavy atom. The minimum absolute atomic E-state index is 0.0660. The predicted octanol–water partition coefficient (Wildman–Crippen LogP) is 6.75. The van der Waals surface area contributed by atoms with Crippen molar-refractivity contribution in [3.63, 3.8) is 0 Å². The van der Waals surface area contributed by atoms with E-state index in [1.165, 1.54) is 32.1 Å². The van der Waals surface area contributed by atoms with E-state index >= 15 is 0 Å². The first kappa shape index (κ1) is 29.7. The number of allylic oxidation sites excluding steroid dienone is 1. The molecule has 5 fully saturated rings. The molecule has 234 valence electrons. The Morgan fingerprint density at radius 2 is 1.91 bits per heavy atom. The summed E-state index contributed by atoms with van der Waals surface area (Å²) in [4.78, 5) is 27.7. The van der Waals surface area contributed by atoms with Crippen molar-refractivity contribution in [3.05, 3.63) is 47.0 Å². The van der Waals surface area contributed by atoms with E-state index < -0.39 is 0 Å². The average molecular weight is 587 g/mol. The van der Waals surface area contributed by atoms with Crippen molar-refractivity contribution in [1.29, 1.82) is 0 Å². The van der Waals surface area contributed by atoms with Crippen molar-refractivity contribution >= 4 is 11.7 Å². The van der Waals surface area contributed by atoms with E-state index in [4.69, 9.17) is 4.74 Å². The van der Waals surface area contributed by atoms with Crippen LogP contribution >= 0.6 is 0 Å².